The lowest BCUT2D eigenvalue weighted by Gasteiger charge is -2.08. The number of pyridine rings is 1. The van der Waals surface area contributed by atoms with Crippen LogP contribution in [0.3, 0.4) is 0 Å². The molecule has 0 fully saturated rings. The second-order valence-electron chi connectivity index (χ2n) is 3.92. The molecule has 2 aromatic rings. The van der Waals surface area contributed by atoms with Crippen molar-refractivity contribution < 1.29 is 14.8 Å². The Morgan fingerprint density at radius 1 is 1.38 bits per heavy atom. The van der Waals surface area contributed by atoms with Gasteiger partial charge in [-0.1, -0.05) is 11.8 Å². The van der Waals surface area contributed by atoms with Crippen LogP contribution in [0.1, 0.15) is 15.9 Å². The highest BCUT2D eigenvalue weighted by molar-refractivity contribution is 5.94. The first-order chi connectivity index (χ1) is 10.1. The topological polar surface area (TPSA) is 121 Å². The number of hydrazone groups is 1. The molecule has 8 heteroatoms. The summed E-state index contributed by atoms with van der Waals surface area (Å²) in [5.41, 5.74) is 2.29. The van der Waals surface area contributed by atoms with Crippen LogP contribution in [0.15, 0.2) is 47.8 Å². The van der Waals surface area contributed by atoms with E-state index in [1.807, 2.05) is 0 Å². The zero-order valence-corrected chi connectivity index (χ0v) is 10.6. The van der Waals surface area contributed by atoms with E-state index in [-0.39, 0.29) is 11.3 Å². The van der Waals surface area contributed by atoms with Gasteiger partial charge in [0.05, 0.1) is 16.7 Å². The summed E-state index contributed by atoms with van der Waals surface area (Å²) in [6, 6.07) is 6.40. The fourth-order valence-electron chi connectivity index (χ4n) is 1.47. The van der Waals surface area contributed by atoms with E-state index in [0.717, 1.165) is 24.4 Å². The molecule has 0 aliphatic carbocycles. The van der Waals surface area contributed by atoms with Crippen molar-refractivity contribution >= 4 is 17.8 Å². The largest absolute Gasteiger partial charge is 0.872 e. The van der Waals surface area contributed by atoms with E-state index in [0.29, 0.717) is 5.56 Å². The molecule has 0 saturated heterocycles. The number of nitro groups is 1. The summed E-state index contributed by atoms with van der Waals surface area (Å²) >= 11 is 0. The highest BCUT2D eigenvalue weighted by Gasteiger charge is 2.06. The fourth-order valence-corrected chi connectivity index (χ4v) is 1.47. The quantitative estimate of drug-likeness (QED) is 0.506. The molecule has 1 N–H and O–H groups in total. The van der Waals surface area contributed by atoms with E-state index < -0.39 is 16.6 Å². The average molecular weight is 285 g/mol. The minimum Gasteiger partial charge on any atom is -0.872 e. The molecule has 1 aromatic heterocycles. The van der Waals surface area contributed by atoms with E-state index in [9.17, 15) is 20.0 Å². The number of hydrogen-bond donors (Lipinski definition) is 1. The Morgan fingerprint density at radius 3 is 2.86 bits per heavy atom. The lowest BCUT2D eigenvalue weighted by atomic mass is 10.2. The maximum atomic E-state index is 11.6. The SMILES string of the molecule is O=C(N/N=C\c1cc([N+](=O)[O-])ccc1[O-])c1cccnc1. The Balaban J connectivity index is 2.10. The summed E-state index contributed by atoms with van der Waals surface area (Å²) in [6.45, 7) is 0. The molecular weight excluding hydrogens is 276 g/mol. The van der Waals surface area contributed by atoms with E-state index >= 15 is 0 Å². The number of aromatic nitrogens is 1. The molecule has 0 radical (unpaired) electrons. The van der Waals surface area contributed by atoms with Crippen molar-refractivity contribution in [2.45, 2.75) is 0 Å². The molecule has 1 amide bonds. The lowest BCUT2D eigenvalue weighted by Crippen LogP contribution is -2.17. The smallest absolute Gasteiger partial charge is 0.272 e. The zero-order valence-electron chi connectivity index (χ0n) is 10.6. The molecule has 1 aromatic carbocycles. The minimum absolute atomic E-state index is 0.00990. The summed E-state index contributed by atoms with van der Waals surface area (Å²) in [4.78, 5) is 25.4. The van der Waals surface area contributed by atoms with Gasteiger partial charge >= 0.3 is 0 Å². The third kappa shape index (κ3) is 3.60. The molecule has 1 heterocycles. The van der Waals surface area contributed by atoms with Crippen molar-refractivity contribution in [1.29, 1.82) is 0 Å². The zero-order chi connectivity index (χ0) is 15.2. The number of carbonyl (C=O) groups is 1. The Kier molecular flexibility index (Phi) is 4.20. The standard InChI is InChI=1S/C13H10N4O4/c18-12-4-3-11(17(20)21)6-10(12)8-15-16-13(19)9-2-1-5-14-7-9/h1-8,18H,(H,16,19)/p-1/b15-8-. The van der Waals surface area contributed by atoms with Crippen LogP contribution in [0.2, 0.25) is 0 Å². The summed E-state index contributed by atoms with van der Waals surface area (Å²) in [5.74, 6) is -0.933. The van der Waals surface area contributed by atoms with Crippen LogP contribution >= 0.6 is 0 Å². The molecule has 0 spiro atoms. The number of benzene rings is 1. The van der Waals surface area contributed by atoms with Crippen molar-refractivity contribution in [2.24, 2.45) is 5.10 Å². The van der Waals surface area contributed by atoms with E-state index in [2.05, 4.69) is 15.5 Å². The lowest BCUT2D eigenvalue weighted by molar-refractivity contribution is -0.385. The monoisotopic (exact) mass is 285 g/mol. The molecule has 21 heavy (non-hydrogen) atoms. The molecule has 8 nitrogen and oxygen atoms in total. The summed E-state index contributed by atoms with van der Waals surface area (Å²) < 4.78 is 0. The Bertz CT molecular complexity index is 701. The number of nitro benzene ring substituents is 1. The predicted octanol–water partition coefficient (Wildman–Crippen LogP) is 0.827. The number of carbonyl (C=O) groups excluding carboxylic acids is 1. The van der Waals surface area contributed by atoms with E-state index in [1.165, 1.54) is 12.4 Å². The number of nitrogens with one attached hydrogen (secondary N) is 1. The predicted molar refractivity (Wildman–Crippen MR) is 71.8 cm³/mol. The van der Waals surface area contributed by atoms with Gasteiger partial charge in [-0.05, 0) is 17.7 Å². The Morgan fingerprint density at radius 2 is 2.19 bits per heavy atom. The van der Waals surface area contributed by atoms with Gasteiger partial charge in [0.1, 0.15) is 0 Å². The maximum absolute atomic E-state index is 11.6. The van der Waals surface area contributed by atoms with Crippen LogP contribution in [-0.2, 0) is 0 Å². The van der Waals surface area contributed by atoms with Gasteiger partial charge in [0.25, 0.3) is 11.6 Å². The highest BCUT2D eigenvalue weighted by Crippen LogP contribution is 2.18. The van der Waals surface area contributed by atoms with Crippen LogP contribution < -0.4 is 10.5 Å². The summed E-state index contributed by atoms with van der Waals surface area (Å²) in [7, 11) is 0. The third-order valence-electron chi connectivity index (χ3n) is 2.50. The van der Waals surface area contributed by atoms with Crippen LogP contribution in [0, 0.1) is 10.1 Å². The van der Waals surface area contributed by atoms with Crippen LogP contribution in [0.5, 0.6) is 5.75 Å². The molecule has 0 unspecified atom stereocenters. The van der Waals surface area contributed by atoms with Gasteiger partial charge in [-0.25, -0.2) is 5.43 Å². The van der Waals surface area contributed by atoms with Gasteiger partial charge in [-0.2, -0.15) is 5.10 Å². The van der Waals surface area contributed by atoms with Gasteiger partial charge in [-0.3, -0.25) is 19.9 Å². The molecule has 0 bridgehead atoms. The third-order valence-corrected chi connectivity index (χ3v) is 2.50. The molecule has 0 atom stereocenters. The number of non-ortho nitro benzene ring substituents is 1. The first-order valence-electron chi connectivity index (χ1n) is 5.77. The van der Waals surface area contributed by atoms with E-state index in [4.69, 9.17) is 0 Å². The van der Waals surface area contributed by atoms with Gasteiger partial charge in [-0.15, -0.1) is 0 Å². The summed E-state index contributed by atoms with van der Waals surface area (Å²) in [6.07, 6.45) is 3.94. The van der Waals surface area contributed by atoms with Crippen molar-refractivity contribution in [3.63, 3.8) is 0 Å². The summed E-state index contributed by atoms with van der Waals surface area (Å²) in [5, 5.41) is 25.7. The molecule has 2 rings (SSSR count). The maximum Gasteiger partial charge on any atom is 0.272 e. The van der Waals surface area contributed by atoms with Crippen molar-refractivity contribution in [2.75, 3.05) is 0 Å². The first-order valence-corrected chi connectivity index (χ1v) is 5.77. The molecular formula is C13H9N4O4-. The van der Waals surface area contributed by atoms with Crippen molar-refractivity contribution in [3.8, 4) is 5.75 Å². The van der Waals surface area contributed by atoms with Crippen LogP contribution in [0.4, 0.5) is 5.69 Å². The first kappa shape index (κ1) is 14.1. The number of hydrogen-bond acceptors (Lipinski definition) is 6. The Hall–Kier alpha value is -3.29. The van der Waals surface area contributed by atoms with E-state index in [1.54, 1.807) is 12.1 Å². The molecule has 0 aliphatic rings. The van der Waals surface area contributed by atoms with Crippen LogP contribution in [-0.4, -0.2) is 22.0 Å². The van der Waals surface area contributed by atoms with Gasteiger partial charge < -0.3 is 5.11 Å². The van der Waals surface area contributed by atoms with Gasteiger partial charge in [0.2, 0.25) is 0 Å². The van der Waals surface area contributed by atoms with Crippen LogP contribution in [0.25, 0.3) is 0 Å². The van der Waals surface area contributed by atoms with Crippen molar-refractivity contribution in [3.05, 3.63) is 64.0 Å². The second-order valence-corrected chi connectivity index (χ2v) is 3.92. The number of amides is 1. The van der Waals surface area contributed by atoms with Gasteiger partial charge in [0.15, 0.2) is 0 Å². The molecule has 0 saturated carbocycles. The Labute approximate surface area is 118 Å². The minimum atomic E-state index is -0.620. The van der Waals surface area contributed by atoms with Crippen molar-refractivity contribution in [1.82, 2.24) is 10.4 Å². The number of rotatable bonds is 4. The second kappa shape index (κ2) is 6.24. The average Bonchev–Trinajstić information content (AvgIpc) is 2.49. The highest BCUT2D eigenvalue weighted by atomic mass is 16.6. The molecule has 106 valence electrons. The normalized spacial score (nSPS) is 10.5. The fraction of sp³-hybridized carbons (Fsp3) is 0. The van der Waals surface area contributed by atoms with Gasteiger partial charge in [0, 0.05) is 24.5 Å². The molecule has 0 aliphatic heterocycles. The number of nitrogens with zero attached hydrogens (tertiary/aromatic N) is 3.